The van der Waals surface area contributed by atoms with E-state index in [0.29, 0.717) is 11.9 Å². The minimum absolute atomic E-state index is 0.499. The van der Waals surface area contributed by atoms with E-state index >= 15 is 0 Å². The van der Waals surface area contributed by atoms with Crippen molar-refractivity contribution < 1.29 is 0 Å². The minimum Gasteiger partial charge on any atom is -0.324 e. The highest BCUT2D eigenvalue weighted by Gasteiger charge is 2.24. The Morgan fingerprint density at radius 1 is 1.37 bits per heavy atom. The summed E-state index contributed by atoms with van der Waals surface area (Å²) < 4.78 is 2.41. The number of imidazole rings is 1. The summed E-state index contributed by atoms with van der Waals surface area (Å²) in [4.78, 5) is 4.76. The first-order chi connectivity index (χ1) is 9.20. The molecule has 1 aliphatic rings. The average Bonchev–Trinajstić information content (AvgIpc) is 2.78. The average molecular weight is 277 g/mol. The predicted molar refractivity (Wildman–Crippen MR) is 80.7 cm³/mol. The van der Waals surface area contributed by atoms with E-state index < -0.39 is 0 Å². The van der Waals surface area contributed by atoms with E-state index in [0.717, 1.165) is 17.3 Å². The summed E-state index contributed by atoms with van der Waals surface area (Å²) in [5, 5.41) is 0. The highest BCUT2D eigenvalue weighted by atomic mass is 35.5. The van der Waals surface area contributed by atoms with Gasteiger partial charge in [0.15, 0.2) is 0 Å². The van der Waals surface area contributed by atoms with Gasteiger partial charge in [-0.15, -0.1) is 11.6 Å². The number of nitrogens with zero attached hydrogens (tertiary/aromatic N) is 2. The maximum Gasteiger partial charge on any atom is 0.125 e. The van der Waals surface area contributed by atoms with Crippen LogP contribution < -0.4 is 0 Å². The van der Waals surface area contributed by atoms with Crippen molar-refractivity contribution >= 4 is 22.6 Å². The number of rotatable bonds is 2. The lowest BCUT2D eigenvalue weighted by Gasteiger charge is -2.29. The van der Waals surface area contributed by atoms with Gasteiger partial charge in [-0.25, -0.2) is 4.98 Å². The molecular weight excluding hydrogens is 256 g/mol. The SMILES string of the molecule is Cc1cccc2c1nc(CCl)n2C1CCCC(C)C1. The Bertz CT molecular complexity index is 588. The molecule has 2 aromatic rings. The zero-order valence-corrected chi connectivity index (χ0v) is 12.5. The quantitative estimate of drug-likeness (QED) is 0.718. The van der Waals surface area contributed by atoms with Gasteiger partial charge >= 0.3 is 0 Å². The number of hydrogen-bond acceptors (Lipinski definition) is 1. The Balaban J connectivity index is 2.13. The molecular formula is C16H21ClN2. The molecule has 1 fully saturated rings. The van der Waals surface area contributed by atoms with Crippen molar-refractivity contribution in [1.82, 2.24) is 9.55 Å². The van der Waals surface area contributed by atoms with Gasteiger partial charge in [-0.05, 0) is 37.3 Å². The van der Waals surface area contributed by atoms with Gasteiger partial charge in [-0.3, -0.25) is 0 Å². The van der Waals surface area contributed by atoms with E-state index in [1.807, 2.05) is 0 Å². The second-order valence-corrected chi connectivity index (χ2v) is 6.17. The summed E-state index contributed by atoms with van der Waals surface area (Å²) in [5.74, 6) is 2.34. The Hall–Kier alpha value is -1.02. The van der Waals surface area contributed by atoms with Crippen LogP contribution in [0.4, 0.5) is 0 Å². The Morgan fingerprint density at radius 2 is 2.21 bits per heavy atom. The lowest BCUT2D eigenvalue weighted by molar-refractivity contribution is 0.283. The monoisotopic (exact) mass is 276 g/mol. The fourth-order valence-corrected chi connectivity index (χ4v) is 3.63. The summed E-state index contributed by atoms with van der Waals surface area (Å²) in [6.45, 7) is 4.48. The maximum atomic E-state index is 6.13. The normalized spacial score (nSPS) is 23.9. The van der Waals surface area contributed by atoms with Gasteiger partial charge in [0.1, 0.15) is 5.82 Å². The summed E-state index contributed by atoms with van der Waals surface area (Å²) in [5.41, 5.74) is 3.62. The summed E-state index contributed by atoms with van der Waals surface area (Å²) in [7, 11) is 0. The van der Waals surface area contributed by atoms with Crippen LogP contribution in [0.3, 0.4) is 0 Å². The molecule has 2 atom stereocenters. The highest BCUT2D eigenvalue weighted by molar-refractivity contribution is 6.16. The molecule has 102 valence electrons. The van der Waals surface area contributed by atoms with E-state index in [4.69, 9.17) is 16.6 Å². The number of para-hydroxylation sites is 1. The molecule has 0 N–H and O–H groups in total. The van der Waals surface area contributed by atoms with Gasteiger partial charge in [-0.2, -0.15) is 0 Å². The zero-order chi connectivity index (χ0) is 13.4. The number of aromatic nitrogens is 2. The molecule has 3 heteroatoms. The summed E-state index contributed by atoms with van der Waals surface area (Å²) in [6, 6.07) is 7.01. The molecule has 0 radical (unpaired) electrons. The molecule has 1 saturated carbocycles. The molecule has 0 spiro atoms. The molecule has 2 unspecified atom stereocenters. The molecule has 0 bridgehead atoms. The standard InChI is InChI=1S/C16H21ClN2/c1-11-5-3-7-13(9-11)19-14-8-4-6-12(2)16(14)18-15(19)10-17/h4,6,8,11,13H,3,5,7,9-10H2,1-2H3. The largest absolute Gasteiger partial charge is 0.324 e. The van der Waals surface area contributed by atoms with Crippen molar-refractivity contribution in [3.8, 4) is 0 Å². The number of halogens is 1. The molecule has 1 aromatic carbocycles. The van der Waals surface area contributed by atoms with Gasteiger partial charge < -0.3 is 4.57 Å². The van der Waals surface area contributed by atoms with Crippen molar-refractivity contribution in [2.75, 3.05) is 0 Å². The van der Waals surface area contributed by atoms with Crippen molar-refractivity contribution in [2.24, 2.45) is 5.92 Å². The molecule has 1 aliphatic carbocycles. The van der Waals surface area contributed by atoms with Crippen LogP contribution in [-0.2, 0) is 5.88 Å². The third-order valence-corrected chi connectivity index (χ3v) is 4.63. The summed E-state index contributed by atoms with van der Waals surface area (Å²) in [6.07, 6.45) is 5.19. The molecule has 2 nitrogen and oxygen atoms in total. The van der Waals surface area contributed by atoms with Gasteiger partial charge in [0.2, 0.25) is 0 Å². The fourth-order valence-electron chi connectivity index (χ4n) is 3.44. The minimum atomic E-state index is 0.499. The number of fused-ring (bicyclic) bond motifs is 1. The van der Waals surface area contributed by atoms with Gasteiger partial charge in [0.05, 0.1) is 16.9 Å². The number of aryl methyl sites for hydroxylation is 1. The van der Waals surface area contributed by atoms with Crippen LogP contribution in [0.15, 0.2) is 18.2 Å². The van der Waals surface area contributed by atoms with Crippen LogP contribution in [-0.4, -0.2) is 9.55 Å². The van der Waals surface area contributed by atoms with Crippen LogP contribution in [0.2, 0.25) is 0 Å². The third-order valence-electron chi connectivity index (χ3n) is 4.39. The van der Waals surface area contributed by atoms with Crippen molar-refractivity contribution in [2.45, 2.75) is 51.5 Å². The Labute approximate surface area is 119 Å². The fraction of sp³-hybridized carbons (Fsp3) is 0.562. The number of benzene rings is 1. The van der Waals surface area contributed by atoms with Gasteiger partial charge in [0.25, 0.3) is 0 Å². The maximum absolute atomic E-state index is 6.13. The Morgan fingerprint density at radius 3 is 2.95 bits per heavy atom. The van der Waals surface area contributed by atoms with Crippen LogP contribution in [0, 0.1) is 12.8 Å². The van der Waals surface area contributed by atoms with Crippen molar-refractivity contribution in [3.63, 3.8) is 0 Å². The molecule has 19 heavy (non-hydrogen) atoms. The smallest absolute Gasteiger partial charge is 0.125 e. The lowest BCUT2D eigenvalue weighted by Crippen LogP contribution is -2.19. The van der Waals surface area contributed by atoms with Gasteiger partial charge in [-0.1, -0.05) is 31.9 Å². The molecule has 1 heterocycles. The van der Waals surface area contributed by atoms with Crippen LogP contribution in [0.1, 0.15) is 50.0 Å². The third kappa shape index (κ3) is 2.27. The van der Waals surface area contributed by atoms with Crippen LogP contribution >= 0.6 is 11.6 Å². The van der Waals surface area contributed by atoms with E-state index in [2.05, 4.69) is 36.6 Å². The lowest BCUT2D eigenvalue weighted by atomic mass is 9.87. The van der Waals surface area contributed by atoms with Crippen molar-refractivity contribution in [1.29, 1.82) is 0 Å². The number of alkyl halides is 1. The molecule has 3 rings (SSSR count). The van der Waals surface area contributed by atoms with Gasteiger partial charge in [0, 0.05) is 6.04 Å². The van der Waals surface area contributed by atoms with Crippen LogP contribution in [0.5, 0.6) is 0 Å². The second kappa shape index (κ2) is 5.16. The van der Waals surface area contributed by atoms with Crippen LogP contribution in [0.25, 0.3) is 11.0 Å². The van der Waals surface area contributed by atoms with E-state index in [1.165, 1.54) is 36.8 Å². The van der Waals surface area contributed by atoms with E-state index in [-0.39, 0.29) is 0 Å². The molecule has 0 aliphatic heterocycles. The topological polar surface area (TPSA) is 17.8 Å². The van der Waals surface area contributed by atoms with E-state index in [9.17, 15) is 0 Å². The second-order valence-electron chi connectivity index (χ2n) is 5.90. The summed E-state index contributed by atoms with van der Waals surface area (Å²) >= 11 is 6.13. The molecule has 0 amide bonds. The predicted octanol–water partition coefficient (Wildman–Crippen LogP) is 4.83. The number of hydrogen-bond donors (Lipinski definition) is 0. The Kier molecular flexibility index (Phi) is 3.53. The molecule has 0 saturated heterocycles. The first-order valence-corrected chi connectivity index (χ1v) is 7.76. The van der Waals surface area contributed by atoms with Crippen molar-refractivity contribution in [3.05, 3.63) is 29.6 Å². The highest BCUT2D eigenvalue weighted by Crippen LogP contribution is 2.36. The first-order valence-electron chi connectivity index (χ1n) is 7.23. The molecule has 1 aromatic heterocycles. The zero-order valence-electron chi connectivity index (χ0n) is 11.7. The first kappa shape index (κ1) is 13.0. The van der Waals surface area contributed by atoms with E-state index in [1.54, 1.807) is 0 Å².